The summed E-state index contributed by atoms with van der Waals surface area (Å²) in [7, 11) is 0. The normalized spacial score (nSPS) is 26.0. The van der Waals surface area contributed by atoms with Crippen molar-refractivity contribution < 1.29 is 0 Å². The van der Waals surface area contributed by atoms with Crippen LogP contribution in [-0.4, -0.2) is 13.1 Å². The summed E-state index contributed by atoms with van der Waals surface area (Å²) in [5.74, 6) is 0. The van der Waals surface area contributed by atoms with E-state index in [1.165, 1.54) is 0 Å². The Morgan fingerprint density at radius 1 is 0.875 bits per heavy atom. The molecule has 0 radical (unpaired) electrons. The second kappa shape index (κ2) is 3.64. The number of hydrogen-bond donors (Lipinski definition) is 2. The minimum atomic E-state index is 1.05. The van der Waals surface area contributed by atoms with Crippen LogP contribution < -0.4 is 10.9 Å². The summed E-state index contributed by atoms with van der Waals surface area (Å²) in [5.41, 5.74) is 6.17. The van der Waals surface area contributed by atoms with Gasteiger partial charge < -0.3 is 0 Å². The highest BCUT2D eigenvalue weighted by molar-refractivity contribution is 4.83. The molecule has 0 aliphatic carbocycles. The lowest BCUT2D eigenvalue weighted by molar-refractivity contribution is 0.535. The number of hydrazine groups is 1. The second-order valence-electron chi connectivity index (χ2n) is 1.90. The maximum absolute atomic E-state index is 3.09. The first-order chi connectivity index (χ1) is 4.00. The molecule has 2 nitrogen and oxygen atoms in total. The second-order valence-corrected chi connectivity index (χ2v) is 1.90. The molecule has 0 aromatic carbocycles. The molecule has 0 atom stereocenters. The summed E-state index contributed by atoms with van der Waals surface area (Å²) in [5, 5.41) is 0. The zero-order valence-electron chi connectivity index (χ0n) is 4.98. The molecule has 1 aliphatic heterocycles. The van der Waals surface area contributed by atoms with Gasteiger partial charge in [0.15, 0.2) is 0 Å². The van der Waals surface area contributed by atoms with E-state index in [0.29, 0.717) is 0 Å². The van der Waals surface area contributed by atoms with E-state index in [9.17, 15) is 0 Å². The third-order valence-corrected chi connectivity index (χ3v) is 1.16. The smallest absolute Gasteiger partial charge is 0.0134 e. The molecule has 2 heteroatoms. The van der Waals surface area contributed by atoms with E-state index in [1.807, 2.05) is 0 Å². The topological polar surface area (TPSA) is 24.1 Å². The highest BCUT2D eigenvalue weighted by Crippen LogP contribution is 1.86. The quantitative estimate of drug-likeness (QED) is 0.444. The van der Waals surface area contributed by atoms with Crippen LogP contribution in [0.3, 0.4) is 0 Å². The Balaban J connectivity index is 2.17. The summed E-state index contributed by atoms with van der Waals surface area (Å²) in [6.07, 6.45) is 6.72. The molecule has 1 rings (SSSR count). The molecule has 0 aromatic rings. The van der Waals surface area contributed by atoms with E-state index in [2.05, 4.69) is 23.0 Å². The van der Waals surface area contributed by atoms with Gasteiger partial charge in [0.25, 0.3) is 0 Å². The summed E-state index contributed by atoms with van der Waals surface area (Å²) in [6, 6.07) is 0. The molecule has 46 valence electrons. The van der Waals surface area contributed by atoms with Crippen LogP contribution in [0.25, 0.3) is 0 Å². The van der Waals surface area contributed by atoms with Crippen LogP contribution in [0.5, 0.6) is 0 Å². The van der Waals surface area contributed by atoms with Crippen LogP contribution >= 0.6 is 0 Å². The molecule has 0 unspecified atom stereocenters. The molecule has 0 saturated heterocycles. The van der Waals surface area contributed by atoms with Gasteiger partial charge in [-0.25, -0.2) is 0 Å². The van der Waals surface area contributed by atoms with Gasteiger partial charge in [-0.05, 0) is 12.8 Å². The van der Waals surface area contributed by atoms with E-state index >= 15 is 0 Å². The van der Waals surface area contributed by atoms with Crippen molar-refractivity contribution in [1.29, 1.82) is 0 Å². The molecule has 2 N–H and O–H groups in total. The zero-order valence-corrected chi connectivity index (χ0v) is 4.98. The lowest BCUT2D eigenvalue weighted by atomic mass is 10.3. The number of rotatable bonds is 0. The molecular formula is C6H12N2. The van der Waals surface area contributed by atoms with Crippen LogP contribution in [0.15, 0.2) is 12.2 Å². The SMILES string of the molecule is C1=C\CCNNCC/1. The van der Waals surface area contributed by atoms with E-state index in [4.69, 9.17) is 0 Å². The highest BCUT2D eigenvalue weighted by atomic mass is 15.3. The fourth-order valence-electron chi connectivity index (χ4n) is 0.723. The van der Waals surface area contributed by atoms with Crippen LogP contribution in [0, 0.1) is 0 Å². The first-order valence-electron chi connectivity index (χ1n) is 3.11. The molecule has 0 fully saturated rings. The highest BCUT2D eigenvalue weighted by Gasteiger charge is 1.86. The van der Waals surface area contributed by atoms with Crippen molar-refractivity contribution in [2.75, 3.05) is 13.1 Å². The third kappa shape index (κ3) is 2.09. The predicted molar refractivity (Wildman–Crippen MR) is 34.4 cm³/mol. The Labute approximate surface area is 49.9 Å². The zero-order chi connectivity index (χ0) is 5.66. The third-order valence-electron chi connectivity index (χ3n) is 1.16. The summed E-state index contributed by atoms with van der Waals surface area (Å²) >= 11 is 0. The van der Waals surface area contributed by atoms with Crippen molar-refractivity contribution in [1.82, 2.24) is 10.9 Å². The molecule has 0 saturated carbocycles. The summed E-state index contributed by atoms with van der Waals surface area (Å²) in [6.45, 7) is 2.10. The van der Waals surface area contributed by atoms with Crippen LogP contribution in [0.1, 0.15) is 12.8 Å². The maximum atomic E-state index is 3.09. The Bertz CT molecular complexity index is 68.6. The standard InChI is InChI=1S/C6H12N2/c1-2-4-6-8-7-5-3-1/h1-2,7-8H,3-6H2/b2-1-. The van der Waals surface area contributed by atoms with Crippen molar-refractivity contribution in [2.45, 2.75) is 12.8 Å². The summed E-state index contributed by atoms with van der Waals surface area (Å²) in [4.78, 5) is 0. The van der Waals surface area contributed by atoms with Gasteiger partial charge in [-0.3, -0.25) is 10.9 Å². The van der Waals surface area contributed by atoms with Crippen LogP contribution in [0.2, 0.25) is 0 Å². The first kappa shape index (κ1) is 5.79. The van der Waals surface area contributed by atoms with Gasteiger partial charge in [-0.2, -0.15) is 0 Å². The molecule has 0 amide bonds. The van der Waals surface area contributed by atoms with E-state index in [0.717, 1.165) is 25.9 Å². The van der Waals surface area contributed by atoms with Gasteiger partial charge in [-0.1, -0.05) is 12.2 Å². The van der Waals surface area contributed by atoms with Gasteiger partial charge in [0, 0.05) is 13.1 Å². The van der Waals surface area contributed by atoms with Gasteiger partial charge in [0.1, 0.15) is 0 Å². The van der Waals surface area contributed by atoms with Gasteiger partial charge >= 0.3 is 0 Å². The maximum Gasteiger partial charge on any atom is 0.0134 e. The average molecular weight is 112 g/mol. The monoisotopic (exact) mass is 112 g/mol. The van der Waals surface area contributed by atoms with E-state index < -0.39 is 0 Å². The minimum absolute atomic E-state index is 1.05. The molecular weight excluding hydrogens is 100 g/mol. The molecule has 0 bridgehead atoms. The average Bonchev–Trinajstić information content (AvgIpc) is 1.62. The Morgan fingerprint density at radius 3 is 1.88 bits per heavy atom. The Morgan fingerprint density at radius 2 is 1.38 bits per heavy atom. The lowest BCUT2D eigenvalue weighted by Gasteiger charge is -2.05. The fourth-order valence-corrected chi connectivity index (χ4v) is 0.723. The van der Waals surface area contributed by atoms with Crippen molar-refractivity contribution in [3.05, 3.63) is 12.2 Å². The van der Waals surface area contributed by atoms with Crippen molar-refractivity contribution in [3.8, 4) is 0 Å². The first-order valence-corrected chi connectivity index (χ1v) is 3.11. The van der Waals surface area contributed by atoms with Crippen molar-refractivity contribution >= 4 is 0 Å². The number of hydrogen-bond acceptors (Lipinski definition) is 2. The van der Waals surface area contributed by atoms with Gasteiger partial charge in [-0.15, -0.1) is 0 Å². The predicted octanol–water partition coefficient (Wildman–Crippen LogP) is 0.431. The van der Waals surface area contributed by atoms with Crippen molar-refractivity contribution in [2.24, 2.45) is 0 Å². The Hall–Kier alpha value is -0.340. The summed E-state index contributed by atoms with van der Waals surface area (Å²) < 4.78 is 0. The molecule has 0 spiro atoms. The van der Waals surface area contributed by atoms with Gasteiger partial charge in [0.2, 0.25) is 0 Å². The molecule has 0 aromatic heterocycles. The van der Waals surface area contributed by atoms with E-state index in [-0.39, 0.29) is 0 Å². The molecule has 1 heterocycles. The van der Waals surface area contributed by atoms with Crippen LogP contribution in [0.4, 0.5) is 0 Å². The van der Waals surface area contributed by atoms with Gasteiger partial charge in [0.05, 0.1) is 0 Å². The number of nitrogens with one attached hydrogen (secondary N) is 2. The fraction of sp³-hybridized carbons (Fsp3) is 0.667. The lowest BCUT2D eigenvalue weighted by Crippen LogP contribution is -2.33. The molecule has 1 aliphatic rings. The molecule has 8 heavy (non-hydrogen) atoms. The van der Waals surface area contributed by atoms with E-state index in [1.54, 1.807) is 0 Å². The van der Waals surface area contributed by atoms with Crippen molar-refractivity contribution in [3.63, 3.8) is 0 Å². The van der Waals surface area contributed by atoms with Crippen LogP contribution in [-0.2, 0) is 0 Å². The minimum Gasteiger partial charge on any atom is -0.258 e. The largest absolute Gasteiger partial charge is 0.258 e. The Kier molecular flexibility index (Phi) is 2.63.